The molecule has 2 aromatic carbocycles. The first kappa shape index (κ1) is 12.2. The molecule has 1 heterocycles. The van der Waals surface area contributed by atoms with Crippen molar-refractivity contribution in [3.05, 3.63) is 58.1 Å². The molecule has 1 amide bonds. The van der Waals surface area contributed by atoms with Crippen molar-refractivity contribution in [3.63, 3.8) is 0 Å². The van der Waals surface area contributed by atoms with E-state index in [1.54, 1.807) is 11.0 Å². The first-order valence-electron chi connectivity index (χ1n) is 6.12. The van der Waals surface area contributed by atoms with Gasteiger partial charge >= 0.3 is 0 Å². The van der Waals surface area contributed by atoms with Gasteiger partial charge in [0.1, 0.15) is 0 Å². The van der Waals surface area contributed by atoms with Gasteiger partial charge < -0.3 is 10.6 Å². The van der Waals surface area contributed by atoms with Crippen LogP contribution in [-0.2, 0) is 6.42 Å². The minimum absolute atomic E-state index is 0.0220. The van der Waals surface area contributed by atoms with Crippen LogP contribution in [-0.4, -0.2) is 12.5 Å². The fourth-order valence-electron chi connectivity index (χ4n) is 2.46. The molecule has 0 fully saturated rings. The van der Waals surface area contributed by atoms with Gasteiger partial charge in [0.2, 0.25) is 0 Å². The number of carbonyl (C=O) groups is 1. The molecule has 0 aliphatic carbocycles. The van der Waals surface area contributed by atoms with Crippen molar-refractivity contribution in [2.75, 3.05) is 17.2 Å². The molecular formula is C15H13BrN2O. The Morgan fingerprint density at radius 3 is 2.68 bits per heavy atom. The molecule has 19 heavy (non-hydrogen) atoms. The molecule has 2 aromatic rings. The molecule has 0 saturated heterocycles. The number of para-hydroxylation sites is 1. The summed E-state index contributed by atoms with van der Waals surface area (Å²) in [6, 6.07) is 13.4. The molecule has 0 saturated carbocycles. The minimum Gasteiger partial charge on any atom is -0.398 e. The normalized spacial score (nSPS) is 14.4. The van der Waals surface area contributed by atoms with E-state index < -0.39 is 0 Å². The molecule has 96 valence electrons. The lowest BCUT2D eigenvalue weighted by molar-refractivity contribution is 0.0981. The monoisotopic (exact) mass is 316 g/mol. The number of anilines is 2. The van der Waals surface area contributed by atoms with E-state index in [9.17, 15) is 4.79 Å². The molecule has 0 radical (unpaired) electrons. The molecule has 0 bridgehead atoms. The summed E-state index contributed by atoms with van der Waals surface area (Å²) < 4.78 is 0.918. The maximum atomic E-state index is 12.6. The van der Waals surface area contributed by atoms with E-state index in [2.05, 4.69) is 15.9 Å². The number of hydrogen-bond donors (Lipinski definition) is 1. The number of fused-ring (bicyclic) bond motifs is 1. The number of amides is 1. The van der Waals surface area contributed by atoms with Crippen molar-refractivity contribution >= 4 is 33.2 Å². The molecule has 3 rings (SSSR count). The van der Waals surface area contributed by atoms with Gasteiger partial charge in [0.05, 0.1) is 11.3 Å². The molecule has 3 nitrogen and oxygen atoms in total. The third-order valence-electron chi connectivity index (χ3n) is 3.39. The molecule has 0 unspecified atom stereocenters. The maximum absolute atomic E-state index is 12.6. The van der Waals surface area contributed by atoms with Crippen LogP contribution in [0.25, 0.3) is 0 Å². The Labute approximate surface area is 120 Å². The van der Waals surface area contributed by atoms with E-state index in [4.69, 9.17) is 5.73 Å². The Balaban J connectivity index is 2.07. The fraction of sp³-hybridized carbons (Fsp3) is 0.133. The van der Waals surface area contributed by atoms with Crippen molar-refractivity contribution in [2.45, 2.75) is 6.42 Å². The zero-order valence-corrected chi connectivity index (χ0v) is 11.9. The van der Waals surface area contributed by atoms with Gasteiger partial charge in [-0.2, -0.15) is 0 Å². The highest BCUT2D eigenvalue weighted by molar-refractivity contribution is 9.10. The zero-order chi connectivity index (χ0) is 13.4. The Hall–Kier alpha value is -1.81. The predicted molar refractivity (Wildman–Crippen MR) is 80.4 cm³/mol. The summed E-state index contributed by atoms with van der Waals surface area (Å²) in [5, 5.41) is 0. The molecule has 0 atom stereocenters. The molecule has 1 aliphatic rings. The van der Waals surface area contributed by atoms with Gasteiger partial charge in [-0.15, -0.1) is 0 Å². The second-order valence-corrected chi connectivity index (χ2v) is 5.39. The highest BCUT2D eigenvalue weighted by Gasteiger charge is 2.27. The zero-order valence-electron chi connectivity index (χ0n) is 10.3. The van der Waals surface area contributed by atoms with Gasteiger partial charge in [-0.25, -0.2) is 0 Å². The van der Waals surface area contributed by atoms with Crippen LogP contribution in [0.4, 0.5) is 11.4 Å². The number of nitrogens with two attached hydrogens (primary N) is 1. The van der Waals surface area contributed by atoms with Crippen molar-refractivity contribution in [1.82, 2.24) is 0 Å². The number of carbonyl (C=O) groups excluding carboxylic acids is 1. The highest BCUT2D eigenvalue weighted by atomic mass is 79.9. The Morgan fingerprint density at radius 1 is 1.11 bits per heavy atom. The van der Waals surface area contributed by atoms with Gasteiger partial charge in [-0.05, 0) is 46.1 Å². The first-order chi connectivity index (χ1) is 9.18. The van der Waals surface area contributed by atoms with Crippen LogP contribution in [0, 0.1) is 0 Å². The van der Waals surface area contributed by atoms with Gasteiger partial charge in [-0.3, -0.25) is 4.79 Å². The standard InChI is InChI=1S/C15H13BrN2O/c16-11-5-1-2-7-13(11)18-9-8-10-4-3-6-12(17)14(10)15(18)19/h1-7H,8-9,17H2. The lowest BCUT2D eigenvalue weighted by Crippen LogP contribution is -2.38. The highest BCUT2D eigenvalue weighted by Crippen LogP contribution is 2.32. The van der Waals surface area contributed by atoms with E-state index in [0.29, 0.717) is 17.8 Å². The summed E-state index contributed by atoms with van der Waals surface area (Å²) >= 11 is 3.49. The number of halogens is 1. The van der Waals surface area contributed by atoms with Crippen LogP contribution in [0.2, 0.25) is 0 Å². The van der Waals surface area contributed by atoms with Gasteiger partial charge in [0.15, 0.2) is 0 Å². The summed E-state index contributed by atoms with van der Waals surface area (Å²) in [7, 11) is 0. The lowest BCUT2D eigenvalue weighted by Gasteiger charge is -2.30. The number of rotatable bonds is 1. The second kappa shape index (κ2) is 4.70. The average molecular weight is 317 g/mol. The van der Waals surface area contributed by atoms with Crippen molar-refractivity contribution < 1.29 is 4.79 Å². The molecular weight excluding hydrogens is 304 g/mol. The molecule has 4 heteroatoms. The van der Waals surface area contributed by atoms with Crippen LogP contribution in [0.5, 0.6) is 0 Å². The number of nitrogen functional groups attached to an aromatic ring is 1. The van der Waals surface area contributed by atoms with Crippen LogP contribution in [0.15, 0.2) is 46.9 Å². The molecule has 0 spiro atoms. The van der Waals surface area contributed by atoms with Crippen molar-refractivity contribution in [2.24, 2.45) is 0 Å². The van der Waals surface area contributed by atoms with Crippen molar-refractivity contribution in [3.8, 4) is 0 Å². The predicted octanol–water partition coefficient (Wildman–Crippen LogP) is 3.23. The summed E-state index contributed by atoms with van der Waals surface area (Å²) in [6.45, 7) is 0.678. The summed E-state index contributed by atoms with van der Waals surface area (Å²) in [5.41, 5.74) is 9.07. The lowest BCUT2D eigenvalue weighted by atomic mass is 9.97. The van der Waals surface area contributed by atoms with E-state index >= 15 is 0 Å². The SMILES string of the molecule is Nc1cccc2c1C(=O)N(c1ccccc1Br)CC2. The molecule has 1 aliphatic heterocycles. The average Bonchev–Trinajstić information content (AvgIpc) is 2.40. The molecule has 0 aromatic heterocycles. The quantitative estimate of drug-likeness (QED) is 0.821. The van der Waals surface area contributed by atoms with Crippen LogP contribution >= 0.6 is 15.9 Å². The third kappa shape index (κ3) is 2.02. The van der Waals surface area contributed by atoms with Gasteiger partial charge in [-0.1, -0.05) is 24.3 Å². The van der Waals surface area contributed by atoms with E-state index in [0.717, 1.165) is 22.1 Å². The maximum Gasteiger partial charge on any atom is 0.260 e. The fourth-order valence-corrected chi connectivity index (χ4v) is 2.96. The van der Waals surface area contributed by atoms with E-state index in [1.165, 1.54) is 0 Å². The Kier molecular flexibility index (Phi) is 3.03. The van der Waals surface area contributed by atoms with Crippen molar-refractivity contribution in [1.29, 1.82) is 0 Å². The van der Waals surface area contributed by atoms with Crippen LogP contribution < -0.4 is 10.6 Å². The largest absolute Gasteiger partial charge is 0.398 e. The van der Waals surface area contributed by atoms with E-state index in [1.807, 2.05) is 36.4 Å². The number of hydrogen-bond acceptors (Lipinski definition) is 2. The summed E-state index contributed by atoms with van der Waals surface area (Å²) in [4.78, 5) is 14.4. The summed E-state index contributed by atoms with van der Waals surface area (Å²) in [5.74, 6) is -0.0220. The van der Waals surface area contributed by atoms with Crippen LogP contribution in [0.3, 0.4) is 0 Å². The number of nitrogens with zero attached hydrogens (tertiary/aromatic N) is 1. The van der Waals surface area contributed by atoms with E-state index in [-0.39, 0.29) is 5.91 Å². The second-order valence-electron chi connectivity index (χ2n) is 4.54. The molecule has 2 N–H and O–H groups in total. The minimum atomic E-state index is -0.0220. The Bertz CT molecular complexity index is 654. The number of benzene rings is 2. The van der Waals surface area contributed by atoms with Crippen LogP contribution in [0.1, 0.15) is 15.9 Å². The first-order valence-corrected chi connectivity index (χ1v) is 6.91. The topological polar surface area (TPSA) is 46.3 Å². The third-order valence-corrected chi connectivity index (χ3v) is 4.06. The van der Waals surface area contributed by atoms with Gasteiger partial charge in [0.25, 0.3) is 5.91 Å². The Morgan fingerprint density at radius 2 is 1.89 bits per heavy atom. The van der Waals surface area contributed by atoms with Gasteiger partial charge in [0, 0.05) is 16.7 Å². The smallest absolute Gasteiger partial charge is 0.260 e. The summed E-state index contributed by atoms with van der Waals surface area (Å²) in [6.07, 6.45) is 0.827.